The molecule has 1 aliphatic heterocycles. The summed E-state index contributed by atoms with van der Waals surface area (Å²) in [4.78, 5) is 16.9. The number of nitriles is 1. The monoisotopic (exact) mass is 443 g/mol. The van der Waals surface area contributed by atoms with Crippen molar-refractivity contribution in [2.75, 3.05) is 25.1 Å². The molecule has 5 rings (SSSR count). The third-order valence-corrected chi connectivity index (χ3v) is 6.21. The minimum Gasteiger partial charge on any atom is -0.489 e. The first-order valence-corrected chi connectivity index (χ1v) is 11.3. The van der Waals surface area contributed by atoms with E-state index in [1.807, 2.05) is 42.5 Å². The molecule has 3 aromatic rings. The lowest BCUT2D eigenvalue weighted by Gasteiger charge is -2.23. The van der Waals surface area contributed by atoms with E-state index in [2.05, 4.69) is 16.4 Å². The molecule has 0 spiro atoms. The molecule has 1 saturated carbocycles. The summed E-state index contributed by atoms with van der Waals surface area (Å²) in [6.07, 6.45) is 5.90. The standard InChI is InChI=1S/C26H25N3O4/c27-15-19-12-17(3-4-24(19)33-20-6-10-31-11-7-20)18-5-8-28-26(13-18)29-16-23(30)21-14-22(21)25-2-1-9-32-25/h1-5,8-9,12-13,20-22H,6-7,10-11,14,16H2,(H,28,29)/t21-,22-/m1/s1. The van der Waals surface area contributed by atoms with Gasteiger partial charge in [0.25, 0.3) is 0 Å². The van der Waals surface area contributed by atoms with Gasteiger partial charge in [-0.1, -0.05) is 6.07 Å². The molecule has 1 N–H and O–H groups in total. The Morgan fingerprint density at radius 2 is 2.03 bits per heavy atom. The van der Waals surface area contributed by atoms with Crippen LogP contribution in [0.4, 0.5) is 5.82 Å². The molecule has 33 heavy (non-hydrogen) atoms. The molecule has 0 amide bonds. The Kier molecular flexibility index (Phi) is 6.09. The van der Waals surface area contributed by atoms with Crippen LogP contribution in [0.5, 0.6) is 5.75 Å². The number of nitrogens with zero attached hydrogens (tertiary/aromatic N) is 2. The van der Waals surface area contributed by atoms with Crippen molar-refractivity contribution in [3.63, 3.8) is 0 Å². The number of furan rings is 1. The number of hydrogen-bond acceptors (Lipinski definition) is 7. The fraction of sp³-hybridized carbons (Fsp3) is 0.346. The maximum atomic E-state index is 12.5. The number of benzene rings is 1. The minimum absolute atomic E-state index is 0.00768. The van der Waals surface area contributed by atoms with Crippen LogP contribution in [0.3, 0.4) is 0 Å². The molecule has 2 aromatic heterocycles. The van der Waals surface area contributed by atoms with Crippen molar-refractivity contribution in [1.29, 1.82) is 5.26 Å². The molecule has 7 heteroatoms. The first-order chi connectivity index (χ1) is 16.2. The Morgan fingerprint density at radius 1 is 1.18 bits per heavy atom. The van der Waals surface area contributed by atoms with E-state index in [1.165, 1.54) is 0 Å². The second-order valence-corrected chi connectivity index (χ2v) is 8.47. The van der Waals surface area contributed by atoms with Crippen LogP contribution in [-0.2, 0) is 9.53 Å². The summed E-state index contributed by atoms with van der Waals surface area (Å²) in [5.41, 5.74) is 2.30. The summed E-state index contributed by atoms with van der Waals surface area (Å²) in [6, 6.07) is 15.4. The first kappa shape index (κ1) is 21.2. The SMILES string of the molecule is N#Cc1cc(-c2ccnc(NCC(=O)[C@@H]3C[C@H]3c3ccco3)c2)ccc1OC1CCOCC1. The Morgan fingerprint density at radius 3 is 2.82 bits per heavy atom. The number of rotatable bonds is 8. The van der Waals surface area contributed by atoms with Gasteiger partial charge in [-0.15, -0.1) is 0 Å². The van der Waals surface area contributed by atoms with Gasteiger partial charge in [0.05, 0.1) is 31.6 Å². The third kappa shape index (κ3) is 4.91. The predicted molar refractivity (Wildman–Crippen MR) is 122 cm³/mol. The van der Waals surface area contributed by atoms with Gasteiger partial charge in [0.15, 0.2) is 5.78 Å². The number of Topliss-reactive ketones (excluding diaryl/α,β-unsaturated/α-hetero) is 1. The Labute approximate surface area is 192 Å². The van der Waals surface area contributed by atoms with Crippen LogP contribution >= 0.6 is 0 Å². The van der Waals surface area contributed by atoms with Crippen molar-refractivity contribution >= 4 is 11.6 Å². The zero-order chi connectivity index (χ0) is 22.6. The van der Waals surface area contributed by atoms with E-state index in [-0.39, 0.29) is 30.3 Å². The first-order valence-electron chi connectivity index (χ1n) is 11.3. The number of anilines is 1. The second-order valence-electron chi connectivity index (χ2n) is 8.47. The summed E-state index contributed by atoms with van der Waals surface area (Å²) in [5, 5.41) is 12.8. The van der Waals surface area contributed by atoms with Crippen LogP contribution < -0.4 is 10.1 Å². The van der Waals surface area contributed by atoms with Gasteiger partial charge in [0.1, 0.15) is 29.5 Å². The minimum atomic E-state index is 0.00768. The fourth-order valence-corrected chi connectivity index (χ4v) is 4.26. The van der Waals surface area contributed by atoms with Crippen LogP contribution in [0.25, 0.3) is 11.1 Å². The van der Waals surface area contributed by atoms with Crippen molar-refractivity contribution < 1.29 is 18.7 Å². The van der Waals surface area contributed by atoms with Crippen molar-refractivity contribution in [1.82, 2.24) is 4.98 Å². The Balaban J connectivity index is 1.23. The highest BCUT2D eigenvalue weighted by Gasteiger charge is 2.45. The van der Waals surface area contributed by atoms with E-state index < -0.39 is 0 Å². The van der Waals surface area contributed by atoms with E-state index in [1.54, 1.807) is 12.5 Å². The molecular weight excluding hydrogens is 418 g/mol. The maximum Gasteiger partial charge on any atom is 0.155 e. The van der Waals surface area contributed by atoms with Gasteiger partial charge in [0, 0.05) is 30.9 Å². The molecule has 168 valence electrons. The van der Waals surface area contributed by atoms with Gasteiger partial charge in [-0.25, -0.2) is 4.98 Å². The highest BCUT2D eigenvalue weighted by molar-refractivity contribution is 5.88. The lowest BCUT2D eigenvalue weighted by Crippen LogP contribution is -2.26. The van der Waals surface area contributed by atoms with Gasteiger partial charge in [-0.2, -0.15) is 5.26 Å². The van der Waals surface area contributed by atoms with E-state index in [4.69, 9.17) is 13.9 Å². The summed E-state index contributed by atoms with van der Waals surface area (Å²) in [6.45, 7) is 1.59. The molecule has 1 aromatic carbocycles. The maximum absolute atomic E-state index is 12.5. The molecule has 1 aliphatic carbocycles. The summed E-state index contributed by atoms with van der Waals surface area (Å²) in [5.74, 6) is 2.46. The summed E-state index contributed by atoms with van der Waals surface area (Å²) < 4.78 is 16.8. The van der Waals surface area contributed by atoms with Crippen LogP contribution in [-0.4, -0.2) is 36.6 Å². The molecule has 0 radical (unpaired) electrons. The molecule has 2 atom stereocenters. The van der Waals surface area contributed by atoms with E-state index in [0.717, 1.165) is 36.1 Å². The van der Waals surface area contributed by atoms with Gasteiger partial charge in [0.2, 0.25) is 0 Å². The quantitative estimate of drug-likeness (QED) is 0.545. The van der Waals surface area contributed by atoms with Crippen molar-refractivity contribution in [3.05, 3.63) is 66.2 Å². The van der Waals surface area contributed by atoms with Gasteiger partial charge in [-0.3, -0.25) is 4.79 Å². The molecule has 3 heterocycles. The largest absolute Gasteiger partial charge is 0.489 e. The van der Waals surface area contributed by atoms with Gasteiger partial charge in [-0.05, 0) is 53.9 Å². The highest BCUT2D eigenvalue weighted by Crippen LogP contribution is 2.48. The van der Waals surface area contributed by atoms with Crippen LogP contribution in [0.2, 0.25) is 0 Å². The Hall–Kier alpha value is -3.63. The molecule has 7 nitrogen and oxygen atoms in total. The van der Waals surface area contributed by atoms with E-state index >= 15 is 0 Å². The lowest BCUT2D eigenvalue weighted by atomic mass is 10.0. The average molecular weight is 444 g/mol. The molecule has 0 unspecified atom stereocenters. The number of ether oxygens (including phenoxy) is 2. The van der Waals surface area contributed by atoms with E-state index in [0.29, 0.717) is 30.3 Å². The molecule has 2 fully saturated rings. The average Bonchev–Trinajstić information content (AvgIpc) is 3.48. The number of nitrogens with one attached hydrogen (secondary N) is 1. The normalized spacial score (nSPS) is 20.1. The topological polar surface area (TPSA) is 97.4 Å². The zero-order valence-electron chi connectivity index (χ0n) is 18.2. The summed E-state index contributed by atoms with van der Waals surface area (Å²) in [7, 11) is 0. The third-order valence-electron chi connectivity index (χ3n) is 6.21. The van der Waals surface area contributed by atoms with Gasteiger partial charge >= 0.3 is 0 Å². The molecule has 1 saturated heterocycles. The molecule has 2 aliphatic rings. The lowest BCUT2D eigenvalue weighted by molar-refractivity contribution is -0.118. The number of aromatic nitrogens is 1. The van der Waals surface area contributed by atoms with Crippen LogP contribution in [0.15, 0.2) is 59.3 Å². The highest BCUT2D eigenvalue weighted by atomic mass is 16.5. The summed E-state index contributed by atoms with van der Waals surface area (Å²) >= 11 is 0. The molecular formula is C26H25N3O4. The number of carbonyl (C=O) groups is 1. The molecule has 0 bridgehead atoms. The van der Waals surface area contributed by atoms with Crippen LogP contribution in [0.1, 0.15) is 36.5 Å². The number of pyridine rings is 1. The van der Waals surface area contributed by atoms with E-state index in [9.17, 15) is 10.1 Å². The number of hydrogen-bond donors (Lipinski definition) is 1. The predicted octanol–water partition coefficient (Wildman–Crippen LogP) is 4.56. The Bertz CT molecular complexity index is 1160. The van der Waals surface area contributed by atoms with Crippen molar-refractivity contribution in [2.24, 2.45) is 5.92 Å². The smallest absolute Gasteiger partial charge is 0.155 e. The van der Waals surface area contributed by atoms with Gasteiger partial charge < -0.3 is 19.2 Å². The van der Waals surface area contributed by atoms with Crippen LogP contribution in [0, 0.1) is 17.2 Å². The van der Waals surface area contributed by atoms with Crippen molar-refractivity contribution in [2.45, 2.75) is 31.3 Å². The second kappa shape index (κ2) is 9.47. The van der Waals surface area contributed by atoms with Crippen molar-refractivity contribution in [3.8, 4) is 22.9 Å². The fourth-order valence-electron chi connectivity index (χ4n) is 4.26. The zero-order valence-corrected chi connectivity index (χ0v) is 18.2. The number of carbonyl (C=O) groups excluding carboxylic acids is 1. The number of ketones is 1.